The second kappa shape index (κ2) is 18.6. The van der Waals surface area contributed by atoms with Gasteiger partial charge in [0.1, 0.15) is 12.1 Å². The van der Waals surface area contributed by atoms with E-state index in [1.807, 2.05) is 12.1 Å². The molecule has 2 unspecified atom stereocenters. The average Bonchev–Trinajstić information content (AvgIpc) is 2.92. The zero-order valence-corrected chi connectivity index (χ0v) is 24.7. The number of hydrogen-bond acceptors (Lipinski definition) is 9. The molecule has 0 saturated heterocycles. The molecular formula is C26H42N6O9S. The molecule has 1 rings (SSSR count). The molecule has 15 nitrogen and oxygen atoms in total. The summed E-state index contributed by atoms with van der Waals surface area (Å²) < 4.78 is 30.7. The van der Waals surface area contributed by atoms with Crippen LogP contribution in [0.1, 0.15) is 62.2 Å². The van der Waals surface area contributed by atoms with Gasteiger partial charge in [0.25, 0.3) is 16.0 Å². The summed E-state index contributed by atoms with van der Waals surface area (Å²) in [5.41, 5.74) is 6.83. The topological polar surface area (TPSA) is 246 Å². The number of carboxylic acids is 1. The highest BCUT2D eigenvalue weighted by Gasteiger charge is 2.27. The summed E-state index contributed by atoms with van der Waals surface area (Å²) in [6.07, 6.45) is 1.19. The quantitative estimate of drug-likeness (QED) is 0.0653. The van der Waals surface area contributed by atoms with Gasteiger partial charge in [-0.25, -0.2) is 4.79 Å². The molecule has 0 aliphatic heterocycles. The van der Waals surface area contributed by atoms with Crippen molar-refractivity contribution in [2.24, 2.45) is 5.73 Å². The van der Waals surface area contributed by atoms with Gasteiger partial charge in [-0.3, -0.25) is 23.7 Å². The number of aliphatic carboxylic acids is 1. The first-order chi connectivity index (χ1) is 19.8. The lowest BCUT2D eigenvalue weighted by molar-refractivity contribution is -0.142. The molecule has 3 atom stereocenters. The van der Waals surface area contributed by atoms with Crippen molar-refractivity contribution in [2.75, 3.05) is 31.2 Å². The van der Waals surface area contributed by atoms with Crippen molar-refractivity contribution in [2.45, 2.75) is 70.0 Å². The largest absolute Gasteiger partial charge is 0.480 e. The summed E-state index contributed by atoms with van der Waals surface area (Å²) in [6.45, 7) is 3.23. The second-order valence-corrected chi connectivity index (χ2v) is 11.2. The van der Waals surface area contributed by atoms with Gasteiger partial charge in [-0.15, -0.1) is 0 Å². The molecule has 1 aromatic carbocycles. The number of rotatable bonds is 21. The predicted molar refractivity (Wildman–Crippen MR) is 155 cm³/mol. The van der Waals surface area contributed by atoms with E-state index in [-0.39, 0.29) is 31.6 Å². The molecular weight excluding hydrogens is 572 g/mol. The van der Waals surface area contributed by atoms with Gasteiger partial charge in [0.15, 0.2) is 0 Å². The van der Waals surface area contributed by atoms with Crippen LogP contribution in [0.2, 0.25) is 0 Å². The summed E-state index contributed by atoms with van der Waals surface area (Å²) in [4.78, 5) is 60.5. The molecule has 4 amide bonds. The molecule has 0 aliphatic carbocycles. The van der Waals surface area contributed by atoms with Gasteiger partial charge in [0.05, 0.1) is 11.8 Å². The van der Waals surface area contributed by atoms with Gasteiger partial charge in [-0.1, -0.05) is 6.92 Å². The Labute approximate surface area is 245 Å². The Hall–Kier alpha value is -3.76. The van der Waals surface area contributed by atoms with Crippen LogP contribution in [0.3, 0.4) is 0 Å². The molecule has 1 aromatic rings. The van der Waals surface area contributed by atoms with Crippen molar-refractivity contribution in [3.8, 4) is 0 Å². The number of carbonyl (C=O) groups excluding carboxylic acids is 4. The monoisotopic (exact) mass is 614 g/mol. The molecule has 0 bridgehead atoms. The fraction of sp³-hybridized carbons (Fsp3) is 0.577. The van der Waals surface area contributed by atoms with Crippen LogP contribution < -0.4 is 32.3 Å². The van der Waals surface area contributed by atoms with E-state index in [1.165, 1.54) is 7.05 Å². The molecule has 236 valence electrons. The zero-order valence-electron chi connectivity index (χ0n) is 23.9. The first-order valence-electron chi connectivity index (χ1n) is 13.6. The molecule has 0 spiro atoms. The van der Waals surface area contributed by atoms with Gasteiger partial charge >= 0.3 is 5.97 Å². The van der Waals surface area contributed by atoms with Crippen molar-refractivity contribution in [1.29, 1.82) is 0 Å². The average molecular weight is 615 g/mol. The number of primary amides is 1. The van der Waals surface area contributed by atoms with Crippen molar-refractivity contribution in [3.63, 3.8) is 0 Å². The van der Waals surface area contributed by atoms with Crippen LogP contribution in [0, 0.1) is 0 Å². The number of carbonyl (C=O) groups is 5. The van der Waals surface area contributed by atoms with Gasteiger partial charge in [-0.2, -0.15) is 8.42 Å². The van der Waals surface area contributed by atoms with E-state index in [0.717, 1.165) is 18.7 Å². The van der Waals surface area contributed by atoms with Crippen molar-refractivity contribution in [3.05, 3.63) is 29.8 Å². The van der Waals surface area contributed by atoms with Crippen LogP contribution >= 0.6 is 0 Å². The minimum Gasteiger partial charge on any atom is -0.480 e. The molecule has 0 heterocycles. The fourth-order valence-corrected chi connectivity index (χ4v) is 4.35. The number of likely N-dealkylation sites (N-methyl/N-ethyl adjacent to an activating group) is 1. The van der Waals surface area contributed by atoms with Gasteiger partial charge in [-0.05, 0) is 69.8 Å². The van der Waals surface area contributed by atoms with E-state index < -0.39 is 57.7 Å². The lowest BCUT2D eigenvalue weighted by Gasteiger charge is -2.20. The van der Waals surface area contributed by atoms with Crippen LogP contribution in [-0.2, 0) is 29.3 Å². The molecule has 0 fully saturated rings. The first-order valence-corrected chi connectivity index (χ1v) is 15.2. The number of nitrogens with two attached hydrogens (primary N) is 1. The van der Waals surface area contributed by atoms with E-state index in [2.05, 4.69) is 33.5 Å². The Morgan fingerprint density at radius 2 is 1.57 bits per heavy atom. The second-order valence-electron chi connectivity index (χ2n) is 9.63. The SMILES string of the molecule is CCCNc1ccc(C(=O)NCCCC[C@H](NC(=O)CCC(NC(=O)C(CCS(=O)(=O)O)NC)C(=O)O)C(N)=O)cc1. The molecule has 0 aliphatic rings. The maximum Gasteiger partial charge on any atom is 0.326 e. The van der Waals surface area contributed by atoms with Crippen LogP contribution in [0.5, 0.6) is 0 Å². The number of anilines is 1. The van der Waals surface area contributed by atoms with Gasteiger partial charge in [0, 0.05) is 30.8 Å². The Morgan fingerprint density at radius 3 is 2.12 bits per heavy atom. The Morgan fingerprint density at radius 1 is 0.905 bits per heavy atom. The normalized spacial score (nSPS) is 13.3. The maximum absolute atomic E-state index is 12.4. The minimum absolute atomic E-state index is 0.200. The number of amides is 4. The van der Waals surface area contributed by atoms with E-state index >= 15 is 0 Å². The van der Waals surface area contributed by atoms with Crippen molar-refractivity contribution < 1.29 is 42.0 Å². The van der Waals surface area contributed by atoms with E-state index in [0.29, 0.717) is 24.9 Å². The van der Waals surface area contributed by atoms with Crippen LogP contribution in [0.4, 0.5) is 5.69 Å². The number of unbranched alkanes of at least 4 members (excludes halogenated alkanes) is 1. The number of carboxylic acid groups (broad SMARTS) is 1. The molecule has 9 N–H and O–H groups in total. The zero-order chi connectivity index (χ0) is 31.7. The van der Waals surface area contributed by atoms with E-state index in [4.69, 9.17) is 10.3 Å². The summed E-state index contributed by atoms with van der Waals surface area (Å²) in [6, 6.07) is 3.51. The third-order valence-corrected chi connectivity index (χ3v) is 6.97. The summed E-state index contributed by atoms with van der Waals surface area (Å²) in [5, 5.41) is 22.7. The molecule has 0 radical (unpaired) electrons. The maximum atomic E-state index is 12.4. The highest BCUT2D eigenvalue weighted by Crippen LogP contribution is 2.10. The summed E-state index contributed by atoms with van der Waals surface area (Å²) in [7, 11) is -2.96. The Balaban J connectivity index is 2.48. The van der Waals surface area contributed by atoms with Crippen molar-refractivity contribution >= 4 is 45.4 Å². The Bertz CT molecular complexity index is 1160. The molecule has 16 heteroatoms. The number of nitrogens with one attached hydrogen (secondary N) is 5. The fourth-order valence-electron chi connectivity index (χ4n) is 3.82. The van der Waals surface area contributed by atoms with Crippen molar-refractivity contribution in [1.82, 2.24) is 21.3 Å². The summed E-state index contributed by atoms with van der Waals surface area (Å²) in [5.74, 6) is -4.62. The lowest BCUT2D eigenvalue weighted by Crippen LogP contribution is -2.50. The standard InChI is InChI=1S/C26H42N6O9S/c1-3-14-29-18-9-7-17(8-10-18)24(35)30-15-5-4-6-19(23(27)34)31-22(33)12-11-21(26(37)38)32-25(36)20(28-2)13-16-42(39,40)41/h7-10,19-21,28-29H,3-6,11-16H2,1-2H3,(H2,27,34)(H,30,35)(H,31,33)(H,32,36)(H,37,38)(H,39,40,41)/t19-,20?,21?/m0/s1. The lowest BCUT2D eigenvalue weighted by atomic mass is 10.1. The third kappa shape index (κ3) is 14.7. The minimum atomic E-state index is -4.32. The predicted octanol–water partition coefficient (Wildman–Crippen LogP) is -0.406. The van der Waals surface area contributed by atoms with Crippen LogP contribution in [-0.4, -0.2) is 91.7 Å². The molecule has 0 aromatic heterocycles. The van der Waals surface area contributed by atoms with E-state index in [9.17, 15) is 37.5 Å². The van der Waals surface area contributed by atoms with Gasteiger partial charge in [0.2, 0.25) is 17.7 Å². The number of hydrogen-bond donors (Lipinski definition) is 8. The highest BCUT2D eigenvalue weighted by atomic mass is 32.2. The molecule has 42 heavy (non-hydrogen) atoms. The van der Waals surface area contributed by atoms with Gasteiger partial charge < -0.3 is 37.4 Å². The Kier molecular flexibility index (Phi) is 16.1. The smallest absolute Gasteiger partial charge is 0.326 e. The van der Waals surface area contributed by atoms with Crippen LogP contribution in [0.25, 0.3) is 0 Å². The van der Waals surface area contributed by atoms with E-state index in [1.54, 1.807) is 12.1 Å². The summed E-state index contributed by atoms with van der Waals surface area (Å²) >= 11 is 0. The highest BCUT2D eigenvalue weighted by molar-refractivity contribution is 7.85. The van der Waals surface area contributed by atoms with Crippen LogP contribution in [0.15, 0.2) is 24.3 Å². The number of benzene rings is 1. The molecule has 0 saturated carbocycles. The first kappa shape index (κ1) is 36.3. The third-order valence-electron chi connectivity index (χ3n) is 6.21.